The molecule has 0 fully saturated rings. The number of benzene rings is 2. The third-order valence-corrected chi connectivity index (χ3v) is 5.64. The van der Waals surface area contributed by atoms with Crippen molar-refractivity contribution < 1.29 is 13.2 Å². The van der Waals surface area contributed by atoms with E-state index in [1.807, 2.05) is 25.1 Å². The number of hydrogen-bond donors (Lipinski definition) is 1. The van der Waals surface area contributed by atoms with Gasteiger partial charge in [0.05, 0.1) is 11.9 Å². The number of sulfonamides is 1. The first-order chi connectivity index (χ1) is 12.7. The van der Waals surface area contributed by atoms with Gasteiger partial charge in [-0.05, 0) is 51.3 Å². The van der Waals surface area contributed by atoms with E-state index >= 15 is 0 Å². The standard InChI is InChI=1S/C21H28N2O3S/c1-16-10-12-20(13-11-16)23(27(4,25)26)18(3)21(24)22-14-6-9-19-8-5-7-17(2)15-19/h5,7-8,10-13,15,18H,6,9,14H2,1-4H3,(H,22,24)/t18-/m1/s1. The Kier molecular flexibility index (Phi) is 7.02. The highest BCUT2D eigenvalue weighted by atomic mass is 32.2. The van der Waals surface area contributed by atoms with Crippen LogP contribution in [0, 0.1) is 13.8 Å². The summed E-state index contributed by atoms with van der Waals surface area (Å²) in [4.78, 5) is 12.5. The maximum atomic E-state index is 12.5. The molecule has 0 unspecified atom stereocenters. The van der Waals surface area contributed by atoms with E-state index in [2.05, 4.69) is 30.4 Å². The Morgan fingerprint density at radius 3 is 2.33 bits per heavy atom. The summed E-state index contributed by atoms with van der Waals surface area (Å²) in [7, 11) is -3.58. The second kappa shape index (κ2) is 9.04. The van der Waals surface area contributed by atoms with Crippen LogP contribution in [0.15, 0.2) is 48.5 Å². The molecular weight excluding hydrogens is 360 g/mol. The molecule has 6 heteroatoms. The molecular formula is C21H28N2O3S. The summed E-state index contributed by atoms with van der Waals surface area (Å²) >= 11 is 0. The van der Waals surface area contributed by atoms with E-state index in [9.17, 15) is 13.2 Å². The van der Waals surface area contributed by atoms with Gasteiger partial charge in [-0.3, -0.25) is 9.10 Å². The van der Waals surface area contributed by atoms with Crippen LogP contribution < -0.4 is 9.62 Å². The Morgan fingerprint density at radius 2 is 1.74 bits per heavy atom. The molecule has 0 heterocycles. The lowest BCUT2D eigenvalue weighted by atomic mass is 10.1. The molecule has 0 saturated heterocycles. The zero-order valence-corrected chi connectivity index (χ0v) is 17.2. The Labute approximate surface area is 162 Å². The molecule has 5 nitrogen and oxygen atoms in total. The van der Waals surface area contributed by atoms with Gasteiger partial charge in [0.15, 0.2) is 0 Å². The van der Waals surface area contributed by atoms with Gasteiger partial charge in [-0.15, -0.1) is 0 Å². The third kappa shape index (κ3) is 6.10. The van der Waals surface area contributed by atoms with Gasteiger partial charge >= 0.3 is 0 Å². The summed E-state index contributed by atoms with van der Waals surface area (Å²) in [6.45, 7) is 6.09. The average Bonchev–Trinajstić information content (AvgIpc) is 2.59. The Balaban J connectivity index is 1.97. The van der Waals surface area contributed by atoms with Crippen molar-refractivity contribution in [1.29, 1.82) is 0 Å². The molecule has 1 atom stereocenters. The number of amides is 1. The van der Waals surface area contributed by atoms with Crippen LogP contribution in [0.5, 0.6) is 0 Å². The van der Waals surface area contributed by atoms with E-state index in [4.69, 9.17) is 0 Å². The highest BCUT2D eigenvalue weighted by molar-refractivity contribution is 7.92. The van der Waals surface area contributed by atoms with Crippen molar-refractivity contribution in [2.24, 2.45) is 0 Å². The minimum atomic E-state index is -3.58. The molecule has 1 N–H and O–H groups in total. The van der Waals surface area contributed by atoms with Gasteiger partial charge in [0.25, 0.3) is 0 Å². The van der Waals surface area contributed by atoms with Crippen molar-refractivity contribution >= 4 is 21.6 Å². The molecule has 0 bridgehead atoms. The number of rotatable bonds is 8. The van der Waals surface area contributed by atoms with Crippen LogP contribution in [0.1, 0.15) is 30.0 Å². The Bertz CT molecular complexity index is 877. The molecule has 0 aromatic heterocycles. The smallest absolute Gasteiger partial charge is 0.243 e. The molecule has 27 heavy (non-hydrogen) atoms. The fourth-order valence-electron chi connectivity index (χ4n) is 3.02. The monoisotopic (exact) mass is 388 g/mol. The SMILES string of the molecule is Cc1ccc(N([C@H](C)C(=O)NCCCc2cccc(C)c2)S(C)(=O)=O)cc1. The Morgan fingerprint density at radius 1 is 1.07 bits per heavy atom. The maximum Gasteiger partial charge on any atom is 0.243 e. The zero-order valence-electron chi connectivity index (χ0n) is 16.4. The predicted molar refractivity (Wildman–Crippen MR) is 110 cm³/mol. The molecule has 2 aromatic carbocycles. The fraction of sp³-hybridized carbons (Fsp3) is 0.381. The van der Waals surface area contributed by atoms with Gasteiger partial charge < -0.3 is 5.32 Å². The summed E-state index contributed by atoms with van der Waals surface area (Å²) < 4.78 is 25.7. The van der Waals surface area contributed by atoms with Crippen LogP contribution in [0.4, 0.5) is 5.69 Å². The van der Waals surface area contributed by atoms with Crippen molar-refractivity contribution in [3.05, 3.63) is 65.2 Å². The first-order valence-electron chi connectivity index (χ1n) is 9.08. The molecule has 0 aliphatic heterocycles. The molecule has 0 radical (unpaired) electrons. The van der Waals surface area contributed by atoms with Gasteiger partial charge in [0.2, 0.25) is 15.9 Å². The largest absolute Gasteiger partial charge is 0.354 e. The topological polar surface area (TPSA) is 66.5 Å². The number of carbonyl (C=O) groups excluding carboxylic acids is 1. The summed E-state index contributed by atoms with van der Waals surface area (Å²) in [5, 5.41) is 2.86. The zero-order chi connectivity index (χ0) is 20.0. The van der Waals surface area contributed by atoms with Gasteiger partial charge in [-0.1, -0.05) is 47.5 Å². The first kappa shape index (κ1) is 21.0. The van der Waals surface area contributed by atoms with Crippen molar-refractivity contribution in [1.82, 2.24) is 5.32 Å². The lowest BCUT2D eigenvalue weighted by molar-refractivity contribution is -0.121. The molecule has 2 rings (SSSR count). The summed E-state index contributed by atoms with van der Waals surface area (Å²) in [5.74, 6) is -0.301. The van der Waals surface area contributed by atoms with E-state index in [1.165, 1.54) is 15.4 Å². The summed E-state index contributed by atoms with van der Waals surface area (Å²) in [6, 6.07) is 14.6. The lowest BCUT2D eigenvalue weighted by Crippen LogP contribution is -2.48. The van der Waals surface area contributed by atoms with Crippen molar-refractivity contribution in [3.8, 4) is 0 Å². The minimum Gasteiger partial charge on any atom is -0.354 e. The fourth-order valence-corrected chi connectivity index (χ4v) is 4.19. The minimum absolute atomic E-state index is 0.301. The van der Waals surface area contributed by atoms with E-state index in [0.717, 1.165) is 24.7 Å². The molecule has 0 aliphatic carbocycles. The first-order valence-corrected chi connectivity index (χ1v) is 10.9. The normalized spacial score (nSPS) is 12.4. The number of aryl methyl sites for hydroxylation is 3. The molecule has 146 valence electrons. The second-order valence-corrected chi connectivity index (χ2v) is 8.81. The number of nitrogens with one attached hydrogen (secondary N) is 1. The number of anilines is 1. The van der Waals surface area contributed by atoms with E-state index in [1.54, 1.807) is 19.1 Å². The molecule has 0 spiro atoms. The van der Waals surface area contributed by atoms with Gasteiger partial charge in [-0.2, -0.15) is 0 Å². The Hall–Kier alpha value is -2.34. The van der Waals surface area contributed by atoms with E-state index in [0.29, 0.717) is 12.2 Å². The van der Waals surface area contributed by atoms with Crippen LogP contribution in [0.25, 0.3) is 0 Å². The highest BCUT2D eigenvalue weighted by Crippen LogP contribution is 2.21. The van der Waals surface area contributed by atoms with Crippen molar-refractivity contribution in [2.75, 3.05) is 17.1 Å². The summed E-state index contributed by atoms with van der Waals surface area (Å²) in [5.41, 5.74) is 3.97. The van der Waals surface area contributed by atoms with Crippen LogP contribution >= 0.6 is 0 Å². The quantitative estimate of drug-likeness (QED) is 0.706. The molecule has 0 saturated carbocycles. The van der Waals surface area contributed by atoms with Crippen LogP contribution in [-0.4, -0.2) is 33.2 Å². The maximum absolute atomic E-state index is 12.5. The number of hydrogen-bond acceptors (Lipinski definition) is 3. The van der Waals surface area contributed by atoms with Gasteiger partial charge in [-0.25, -0.2) is 8.42 Å². The highest BCUT2D eigenvalue weighted by Gasteiger charge is 2.28. The van der Waals surface area contributed by atoms with E-state index in [-0.39, 0.29) is 5.91 Å². The van der Waals surface area contributed by atoms with Gasteiger partial charge in [0.1, 0.15) is 6.04 Å². The predicted octanol–water partition coefficient (Wildman–Crippen LogP) is 3.21. The number of carbonyl (C=O) groups is 1. The lowest BCUT2D eigenvalue weighted by Gasteiger charge is -2.28. The average molecular weight is 389 g/mol. The van der Waals surface area contributed by atoms with Crippen molar-refractivity contribution in [3.63, 3.8) is 0 Å². The van der Waals surface area contributed by atoms with Crippen LogP contribution in [-0.2, 0) is 21.2 Å². The van der Waals surface area contributed by atoms with Crippen molar-refractivity contribution in [2.45, 2.75) is 39.7 Å². The molecule has 2 aromatic rings. The van der Waals surface area contributed by atoms with Gasteiger partial charge in [0, 0.05) is 6.54 Å². The molecule has 0 aliphatic rings. The summed E-state index contributed by atoms with van der Waals surface area (Å²) in [6.07, 6.45) is 2.78. The molecule has 1 amide bonds. The third-order valence-electron chi connectivity index (χ3n) is 4.40. The van der Waals surface area contributed by atoms with E-state index < -0.39 is 16.1 Å². The van der Waals surface area contributed by atoms with Crippen LogP contribution in [0.2, 0.25) is 0 Å². The number of nitrogens with zero attached hydrogens (tertiary/aromatic N) is 1. The second-order valence-electron chi connectivity index (χ2n) is 6.95. The van der Waals surface area contributed by atoms with Crippen LogP contribution in [0.3, 0.4) is 0 Å².